The Balaban J connectivity index is 1.82. The summed E-state index contributed by atoms with van der Waals surface area (Å²) in [6.07, 6.45) is 3.35. The van der Waals surface area contributed by atoms with Crippen LogP contribution in [0.2, 0.25) is 5.02 Å². The molecule has 144 valence electrons. The molecule has 0 radical (unpaired) electrons. The van der Waals surface area contributed by atoms with Crippen LogP contribution in [-0.4, -0.2) is 11.7 Å². The first-order valence-electron chi connectivity index (χ1n) is 9.93. The zero-order chi connectivity index (χ0) is 19.8. The Morgan fingerprint density at radius 1 is 1.07 bits per heavy atom. The maximum Gasteiger partial charge on any atom is 0.232 e. The van der Waals surface area contributed by atoms with Gasteiger partial charge in [-0.2, -0.15) is 0 Å². The molecular formula is C24H24ClNO2. The number of hydrogen-bond acceptors (Lipinski definition) is 2. The number of allylic oxidation sites excluding steroid dienone is 2. The highest BCUT2D eigenvalue weighted by Gasteiger charge is 2.39. The van der Waals surface area contributed by atoms with E-state index in [2.05, 4.69) is 31.2 Å². The van der Waals surface area contributed by atoms with Crippen molar-refractivity contribution in [3.8, 4) is 0 Å². The zero-order valence-electron chi connectivity index (χ0n) is 16.3. The Hall–Kier alpha value is -2.39. The van der Waals surface area contributed by atoms with Gasteiger partial charge in [-0.1, -0.05) is 48.9 Å². The molecule has 1 aliphatic carbocycles. The van der Waals surface area contributed by atoms with Gasteiger partial charge >= 0.3 is 0 Å². The Morgan fingerprint density at radius 3 is 2.50 bits per heavy atom. The van der Waals surface area contributed by atoms with Crippen LogP contribution in [0.25, 0.3) is 0 Å². The second-order valence-electron chi connectivity index (χ2n) is 7.65. The first kappa shape index (κ1) is 18.9. The summed E-state index contributed by atoms with van der Waals surface area (Å²) in [4.78, 5) is 27.8. The van der Waals surface area contributed by atoms with Crippen LogP contribution in [0.1, 0.15) is 55.2 Å². The van der Waals surface area contributed by atoms with Gasteiger partial charge in [-0.25, -0.2) is 0 Å². The number of carbonyl (C=O) groups is 2. The third-order valence-electron chi connectivity index (χ3n) is 5.88. The number of carbonyl (C=O) groups excluding carboxylic acids is 2. The van der Waals surface area contributed by atoms with E-state index < -0.39 is 0 Å². The molecule has 4 heteroatoms. The van der Waals surface area contributed by atoms with Crippen molar-refractivity contribution in [2.75, 3.05) is 4.90 Å². The molecule has 3 nitrogen and oxygen atoms in total. The molecule has 0 spiro atoms. The first-order chi connectivity index (χ1) is 13.5. The SMILES string of the molecule is CCc1ccc(C2CC(=O)N(c3ccc(C)c(Cl)c3)C3=C2C(=O)CCC3)cc1. The molecule has 1 heterocycles. The number of nitrogens with zero attached hydrogens (tertiary/aromatic N) is 1. The number of aryl methyl sites for hydroxylation is 2. The van der Waals surface area contributed by atoms with Crippen LogP contribution in [0, 0.1) is 6.92 Å². The van der Waals surface area contributed by atoms with Crippen LogP contribution in [-0.2, 0) is 16.0 Å². The van der Waals surface area contributed by atoms with E-state index in [-0.39, 0.29) is 17.6 Å². The molecule has 1 amide bonds. The standard InChI is InChI=1S/C24H24ClNO2/c1-3-16-8-10-17(11-9-16)19-14-23(28)26(18-12-7-15(2)20(25)13-18)21-5-4-6-22(27)24(19)21/h7-13,19H,3-6,14H2,1-2H3. The molecule has 1 aliphatic heterocycles. The average molecular weight is 394 g/mol. The monoisotopic (exact) mass is 393 g/mol. The lowest BCUT2D eigenvalue weighted by Gasteiger charge is -2.38. The maximum absolute atomic E-state index is 13.2. The molecule has 0 N–H and O–H groups in total. The van der Waals surface area contributed by atoms with Gasteiger partial charge in [0.05, 0.1) is 5.69 Å². The maximum atomic E-state index is 13.2. The van der Waals surface area contributed by atoms with Crippen LogP contribution >= 0.6 is 11.6 Å². The molecule has 1 unspecified atom stereocenters. The molecule has 1 atom stereocenters. The Labute approximate surface area is 171 Å². The summed E-state index contributed by atoms with van der Waals surface area (Å²) in [5.41, 5.74) is 5.70. The molecule has 2 aliphatic rings. The fourth-order valence-electron chi connectivity index (χ4n) is 4.28. The zero-order valence-corrected chi connectivity index (χ0v) is 17.1. The average Bonchev–Trinajstić information content (AvgIpc) is 2.70. The van der Waals surface area contributed by atoms with Gasteiger partial charge in [-0.3, -0.25) is 14.5 Å². The van der Waals surface area contributed by atoms with Crippen molar-refractivity contribution in [1.82, 2.24) is 0 Å². The highest BCUT2D eigenvalue weighted by atomic mass is 35.5. The highest BCUT2D eigenvalue weighted by molar-refractivity contribution is 6.31. The third kappa shape index (κ3) is 3.29. The molecule has 0 bridgehead atoms. The number of ketones is 1. The van der Waals surface area contributed by atoms with E-state index in [1.54, 1.807) is 4.90 Å². The lowest BCUT2D eigenvalue weighted by Crippen LogP contribution is -2.40. The van der Waals surface area contributed by atoms with Crippen molar-refractivity contribution >= 4 is 29.0 Å². The molecular weight excluding hydrogens is 370 g/mol. The molecule has 2 aromatic carbocycles. The minimum atomic E-state index is -0.154. The number of hydrogen-bond donors (Lipinski definition) is 0. The van der Waals surface area contributed by atoms with Gasteiger partial charge in [0.2, 0.25) is 5.91 Å². The lowest BCUT2D eigenvalue weighted by atomic mass is 9.77. The molecule has 0 saturated carbocycles. The number of amides is 1. The van der Waals surface area contributed by atoms with Crippen LogP contribution in [0.4, 0.5) is 5.69 Å². The number of benzene rings is 2. The fraction of sp³-hybridized carbons (Fsp3) is 0.333. The second-order valence-corrected chi connectivity index (χ2v) is 8.06. The molecule has 4 rings (SSSR count). The predicted molar refractivity (Wildman–Crippen MR) is 113 cm³/mol. The summed E-state index contributed by atoms with van der Waals surface area (Å²) in [5, 5.41) is 0.631. The first-order valence-corrected chi connectivity index (χ1v) is 10.3. The number of anilines is 1. The summed E-state index contributed by atoms with van der Waals surface area (Å²) in [6, 6.07) is 14.0. The largest absolute Gasteiger partial charge is 0.294 e. The molecule has 0 fully saturated rings. The minimum Gasteiger partial charge on any atom is -0.294 e. The second kappa shape index (κ2) is 7.56. The summed E-state index contributed by atoms with van der Waals surface area (Å²) in [5.74, 6) is 0.0397. The van der Waals surface area contributed by atoms with Gasteiger partial charge in [-0.05, 0) is 55.0 Å². The van der Waals surface area contributed by atoms with Crippen molar-refractivity contribution in [3.63, 3.8) is 0 Å². The van der Waals surface area contributed by atoms with E-state index in [1.165, 1.54) is 5.56 Å². The van der Waals surface area contributed by atoms with Gasteiger partial charge in [0.15, 0.2) is 5.78 Å². The van der Waals surface area contributed by atoms with E-state index in [0.29, 0.717) is 17.9 Å². The van der Waals surface area contributed by atoms with E-state index in [9.17, 15) is 9.59 Å². The smallest absolute Gasteiger partial charge is 0.232 e. The fourth-order valence-corrected chi connectivity index (χ4v) is 4.46. The normalized spacial score (nSPS) is 19.8. The summed E-state index contributed by atoms with van der Waals surface area (Å²) < 4.78 is 0. The molecule has 0 saturated heterocycles. The summed E-state index contributed by atoms with van der Waals surface area (Å²) >= 11 is 6.32. The number of halogens is 1. The van der Waals surface area contributed by atoms with Crippen LogP contribution in [0.3, 0.4) is 0 Å². The Morgan fingerprint density at radius 2 is 1.82 bits per heavy atom. The molecule has 28 heavy (non-hydrogen) atoms. The van der Waals surface area contributed by atoms with Crippen molar-refractivity contribution in [3.05, 3.63) is 75.4 Å². The lowest BCUT2D eigenvalue weighted by molar-refractivity contribution is -0.119. The van der Waals surface area contributed by atoms with E-state index >= 15 is 0 Å². The van der Waals surface area contributed by atoms with Crippen molar-refractivity contribution in [2.24, 2.45) is 0 Å². The summed E-state index contributed by atoms with van der Waals surface area (Å²) in [6.45, 7) is 4.06. The topological polar surface area (TPSA) is 37.4 Å². The van der Waals surface area contributed by atoms with Gasteiger partial charge < -0.3 is 0 Å². The van der Waals surface area contributed by atoms with Gasteiger partial charge in [-0.15, -0.1) is 0 Å². The van der Waals surface area contributed by atoms with Gasteiger partial charge in [0.25, 0.3) is 0 Å². The van der Waals surface area contributed by atoms with E-state index in [0.717, 1.165) is 47.3 Å². The highest BCUT2D eigenvalue weighted by Crippen LogP contribution is 2.43. The Kier molecular flexibility index (Phi) is 5.11. The van der Waals surface area contributed by atoms with Gasteiger partial charge in [0.1, 0.15) is 0 Å². The third-order valence-corrected chi connectivity index (χ3v) is 6.29. The van der Waals surface area contributed by atoms with Crippen LogP contribution in [0.5, 0.6) is 0 Å². The minimum absolute atomic E-state index is 0.0259. The predicted octanol–water partition coefficient (Wildman–Crippen LogP) is 5.74. The summed E-state index contributed by atoms with van der Waals surface area (Å²) in [7, 11) is 0. The van der Waals surface area contributed by atoms with Crippen molar-refractivity contribution in [1.29, 1.82) is 0 Å². The quantitative estimate of drug-likeness (QED) is 0.666. The van der Waals surface area contributed by atoms with Crippen LogP contribution in [0.15, 0.2) is 53.7 Å². The van der Waals surface area contributed by atoms with Crippen LogP contribution < -0.4 is 4.90 Å². The van der Waals surface area contributed by atoms with Gasteiger partial charge in [0, 0.05) is 35.1 Å². The van der Waals surface area contributed by atoms with E-state index in [1.807, 2.05) is 25.1 Å². The van der Waals surface area contributed by atoms with Crippen molar-refractivity contribution in [2.45, 2.75) is 51.9 Å². The molecule has 0 aromatic heterocycles. The number of Topliss-reactive ketones (excluding diaryl/α,β-unsaturated/α-hetero) is 1. The molecule has 2 aromatic rings. The number of rotatable bonds is 3. The van der Waals surface area contributed by atoms with E-state index in [4.69, 9.17) is 11.6 Å². The Bertz CT molecular complexity index is 975. The van der Waals surface area contributed by atoms with Crippen molar-refractivity contribution < 1.29 is 9.59 Å².